The molecule has 1 aromatic carbocycles. The third-order valence-electron chi connectivity index (χ3n) is 8.34. The molecule has 0 N–H and O–H groups in total. The van der Waals surface area contributed by atoms with Crippen molar-refractivity contribution in [2.24, 2.45) is 11.8 Å². The largest absolute Gasteiger partial charge is 0.352 e. The fraction of sp³-hybridized carbons (Fsp3) is 0.571. The fourth-order valence-electron chi connectivity index (χ4n) is 5.99. The SMILES string of the molecule is Cc1nn(-c2ccc(F)cc2)c2nc(CC3CCCCC3)nc(N3CCN(C(=O)C4CCC4)CC3)c12. The Bertz CT molecular complexity index is 1240. The number of fused-ring (bicyclic) bond motifs is 1. The third kappa shape index (κ3) is 4.46. The Balaban J connectivity index is 1.35. The van der Waals surface area contributed by atoms with Crippen LogP contribution in [-0.2, 0) is 11.2 Å². The van der Waals surface area contributed by atoms with E-state index in [9.17, 15) is 9.18 Å². The van der Waals surface area contributed by atoms with Crippen LogP contribution in [0.15, 0.2) is 24.3 Å². The van der Waals surface area contributed by atoms with E-state index in [2.05, 4.69) is 4.90 Å². The number of carbonyl (C=O) groups is 1. The predicted octanol–water partition coefficient (Wildman–Crippen LogP) is 4.83. The summed E-state index contributed by atoms with van der Waals surface area (Å²) in [5.74, 6) is 2.69. The van der Waals surface area contributed by atoms with Crippen LogP contribution in [-0.4, -0.2) is 56.7 Å². The van der Waals surface area contributed by atoms with Crippen LogP contribution >= 0.6 is 0 Å². The molecule has 2 aromatic heterocycles. The average Bonchev–Trinajstić information content (AvgIpc) is 3.20. The van der Waals surface area contributed by atoms with Gasteiger partial charge >= 0.3 is 0 Å². The average molecular weight is 491 g/mol. The molecule has 8 heteroatoms. The number of amides is 1. The van der Waals surface area contributed by atoms with E-state index in [-0.39, 0.29) is 11.7 Å². The van der Waals surface area contributed by atoms with E-state index < -0.39 is 0 Å². The summed E-state index contributed by atoms with van der Waals surface area (Å²) in [5.41, 5.74) is 2.43. The molecule has 190 valence electrons. The predicted molar refractivity (Wildman–Crippen MR) is 138 cm³/mol. The number of nitrogens with zero attached hydrogens (tertiary/aromatic N) is 6. The van der Waals surface area contributed by atoms with Gasteiger partial charge in [-0.1, -0.05) is 38.5 Å². The molecular formula is C28H35FN6O. The number of aryl methyl sites for hydroxylation is 1. The van der Waals surface area contributed by atoms with Crippen LogP contribution in [0.1, 0.15) is 62.9 Å². The molecule has 6 rings (SSSR count). The van der Waals surface area contributed by atoms with Crippen molar-refractivity contribution in [2.45, 2.75) is 64.7 Å². The molecule has 3 heterocycles. The summed E-state index contributed by atoms with van der Waals surface area (Å²) in [5, 5.41) is 5.77. The lowest BCUT2D eigenvalue weighted by molar-refractivity contribution is -0.138. The summed E-state index contributed by atoms with van der Waals surface area (Å²) < 4.78 is 15.5. The Morgan fingerprint density at radius 3 is 2.33 bits per heavy atom. The Labute approximate surface area is 211 Å². The Hall–Kier alpha value is -3.03. The first-order valence-corrected chi connectivity index (χ1v) is 13.6. The summed E-state index contributed by atoms with van der Waals surface area (Å²) in [7, 11) is 0. The minimum absolute atomic E-state index is 0.237. The van der Waals surface area contributed by atoms with E-state index in [1.807, 2.05) is 16.5 Å². The maximum absolute atomic E-state index is 13.6. The summed E-state index contributed by atoms with van der Waals surface area (Å²) in [6.45, 7) is 4.96. The van der Waals surface area contributed by atoms with Gasteiger partial charge in [0.15, 0.2) is 5.65 Å². The van der Waals surface area contributed by atoms with Gasteiger partial charge in [0.25, 0.3) is 0 Å². The Kier molecular flexibility index (Phi) is 6.36. The zero-order valence-corrected chi connectivity index (χ0v) is 21.1. The summed E-state index contributed by atoms with van der Waals surface area (Å²) in [4.78, 5) is 27.3. The molecule has 0 bridgehead atoms. The summed E-state index contributed by atoms with van der Waals surface area (Å²) >= 11 is 0. The number of anilines is 1. The Morgan fingerprint density at radius 1 is 0.944 bits per heavy atom. The molecule has 3 fully saturated rings. The van der Waals surface area contributed by atoms with Crippen LogP contribution in [0.2, 0.25) is 0 Å². The van der Waals surface area contributed by atoms with Crippen molar-refractivity contribution in [2.75, 3.05) is 31.1 Å². The van der Waals surface area contributed by atoms with Crippen molar-refractivity contribution in [3.05, 3.63) is 41.6 Å². The summed E-state index contributed by atoms with van der Waals surface area (Å²) in [6.07, 6.45) is 10.5. The van der Waals surface area contributed by atoms with Crippen molar-refractivity contribution < 1.29 is 9.18 Å². The number of aromatic nitrogens is 4. The highest BCUT2D eigenvalue weighted by atomic mass is 19.1. The first-order valence-electron chi connectivity index (χ1n) is 13.6. The maximum Gasteiger partial charge on any atom is 0.225 e. The molecule has 1 amide bonds. The van der Waals surface area contributed by atoms with Crippen LogP contribution in [0.3, 0.4) is 0 Å². The second-order valence-corrected chi connectivity index (χ2v) is 10.8. The third-order valence-corrected chi connectivity index (χ3v) is 8.34. The lowest BCUT2D eigenvalue weighted by Gasteiger charge is -2.39. The van der Waals surface area contributed by atoms with E-state index >= 15 is 0 Å². The van der Waals surface area contributed by atoms with Gasteiger partial charge in [-0.3, -0.25) is 4.79 Å². The minimum Gasteiger partial charge on any atom is -0.352 e. The topological polar surface area (TPSA) is 67.2 Å². The number of hydrogen-bond acceptors (Lipinski definition) is 5. The van der Waals surface area contributed by atoms with Crippen LogP contribution in [0.4, 0.5) is 10.2 Å². The van der Waals surface area contributed by atoms with Gasteiger partial charge in [0, 0.05) is 38.5 Å². The van der Waals surface area contributed by atoms with Gasteiger partial charge in [-0.15, -0.1) is 0 Å². The molecule has 3 aromatic rings. The molecule has 36 heavy (non-hydrogen) atoms. The normalized spacial score (nSPS) is 19.6. The number of benzene rings is 1. The Morgan fingerprint density at radius 2 is 1.67 bits per heavy atom. The number of carbonyl (C=O) groups excluding carboxylic acids is 1. The van der Waals surface area contributed by atoms with Gasteiger partial charge in [-0.05, 0) is 49.9 Å². The van der Waals surface area contributed by atoms with Crippen LogP contribution in [0, 0.1) is 24.6 Å². The lowest BCUT2D eigenvalue weighted by Crippen LogP contribution is -2.51. The molecule has 1 aliphatic heterocycles. The van der Waals surface area contributed by atoms with Gasteiger partial charge in [0.05, 0.1) is 16.8 Å². The van der Waals surface area contributed by atoms with Crippen molar-refractivity contribution in [3.63, 3.8) is 0 Å². The smallest absolute Gasteiger partial charge is 0.225 e. The molecule has 3 aliphatic rings. The standard InChI is InChI=1S/C28H35FN6O/c1-19-25-26(33-14-16-34(17-15-33)28(36)21-8-5-9-21)30-24(18-20-6-3-2-4-7-20)31-27(25)35(32-19)23-12-10-22(29)11-13-23/h10-13,20-21H,2-9,14-18H2,1H3. The van der Waals surface area contributed by atoms with Crippen LogP contribution < -0.4 is 4.90 Å². The number of piperazine rings is 1. The first-order chi connectivity index (χ1) is 17.6. The molecule has 0 radical (unpaired) electrons. The number of halogens is 1. The monoisotopic (exact) mass is 490 g/mol. The quantitative estimate of drug-likeness (QED) is 0.512. The van der Waals surface area contributed by atoms with E-state index in [0.717, 1.165) is 79.5 Å². The second-order valence-electron chi connectivity index (χ2n) is 10.8. The molecule has 0 spiro atoms. The highest BCUT2D eigenvalue weighted by molar-refractivity contribution is 5.91. The molecule has 2 saturated carbocycles. The summed E-state index contributed by atoms with van der Waals surface area (Å²) in [6, 6.07) is 6.41. The number of hydrogen-bond donors (Lipinski definition) is 0. The van der Waals surface area contributed by atoms with E-state index in [1.165, 1.54) is 50.7 Å². The maximum atomic E-state index is 13.6. The van der Waals surface area contributed by atoms with Gasteiger partial charge in [0.2, 0.25) is 5.91 Å². The van der Waals surface area contributed by atoms with E-state index in [0.29, 0.717) is 11.8 Å². The van der Waals surface area contributed by atoms with Crippen molar-refractivity contribution in [1.82, 2.24) is 24.6 Å². The minimum atomic E-state index is -0.269. The van der Waals surface area contributed by atoms with Crippen molar-refractivity contribution in [3.8, 4) is 5.69 Å². The highest BCUT2D eigenvalue weighted by Crippen LogP contribution is 2.33. The van der Waals surface area contributed by atoms with Gasteiger partial charge in [-0.25, -0.2) is 19.0 Å². The lowest BCUT2D eigenvalue weighted by atomic mass is 9.84. The second kappa shape index (κ2) is 9.79. The molecule has 7 nitrogen and oxygen atoms in total. The first kappa shape index (κ1) is 23.4. The molecule has 0 unspecified atom stereocenters. The zero-order valence-electron chi connectivity index (χ0n) is 21.1. The number of rotatable bonds is 5. The molecule has 0 atom stereocenters. The molecule has 1 saturated heterocycles. The van der Waals surface area contributed by atoms with Crippen LogP contribution in [0.25, 0.3) is 16.7 Å². The van der Waals surface area contributed by atoms with Gasteiger partial charge in [0.1, 0.15) is 17.5 Å². The molecular weight excluding hydrogens is 455 g/mol. The highest BCUT2D eigenvalue weighted by Gasteiger charge is 2.32. The fourth-order valence-corrected chi connectivity index (χ4v) is 5.99. The van der Waals surface area contributed by atoms with Crippen molar-refractivity contribution in [1.29, 1.82) is 0 Å². The van der Waals surface area contributed by atoms with Gasteiger partial charge < -0.3 is 9.80 Å². The molecule has 2 aliphatic carbocycles. The van der Waals surface area contributed by atoms with Crippen molar-refractivity contribution >= 4 is 22.8 Å². The van der Waals surface area contributed by atoms with E-state index in [4.69, 9.17) is 15.1 Å². The van der Waals surface area contributed by atoms with Crippen LogP contribution in [0.5, 0.6) is 0 Å². The van der Waals surface area contributed by atoms with Gasteiger partial charge in [-0.2, -0.15) is 5.10 Å². The van der Waals surface area contributed by atoms with E-state index in [1.54, 1.807) is 12.1 Å². The zero-order chi connectivity index (χ0) is 24.6.